The van der Waals surface area contributed by atoms with Gasteiger partial charge in [-0.2, -0.15) is 0 Å². The lowest BCUT2D eigenvalue weighted by molar-refractivity contribution is -0.0566. The zero-order chi connectivity index (χ0) is 18.2. The maximum atomic E-state index is 10.6. The molecule has 0 radical (unpaired) electrons. The molecular formula is C20H33IN4O2. The predicted molar refractivity (Wildman–Crippen MR) is 121 cm³/mol. The number of benzene rings is 1. The highest BCUT2D eigenvalue weighted by atomic mass is 127. The first kappa shape index (κ1) is 22.2. The number of anilines is 1. The van der Waals surface area contributed by atoms with E-state index < -0.39 is 5.60 Å². The monoisotopic (exact) mass is 488 g/mol. The lowest BCUT2D eigenvalue weighted by Crippen LogP contribution is -2.49. The molecule has 2 heterocycles. The molecule has 7 heteroatoms. The minimum Gasteiger partial charge on any atom is -0.388 e. The molecule has 6 nitrogen and oxygen atoms in total. The van der Waals surface area contributed by atoms with E-state index in [1.165, 1.54) is 5.69 Å². The average molecular weight is 488 g/mol. The van der Waals surface area contributed by atoms with Crippen LogP contribution in [0.15, 0.2) is 35.3 Å². The Kier molecular flexibility index (Phi) is 9.11. The van der Waals surface area contributed by atoms with Gasteiger partial charge in [-0.05, 0) is 31.9 Å². The van der Waals surface area contributed by atoms with Gasteiger partial charge in [-0.1, -0.05) is 18.2 Å². The number of piperidine rings is 1. The molecule has 0 aliphatic carbocycles. The number of rotatable bonds is 5. The third kappa shape index (κ3) is 6.80. The molecule has 0 spiro atoms. The number of halogens is 1. The van der Waals surface area contributed by atoms with Crippen molar-refractivity contribution >= 4 is 35.6 Å². The van der Waals surface area contributed by atoms with Gasteiger partial charge >= 0.3 is 0 Å². The van der Waals surface area contributed by atoms with Gasteiger partial charge in [0.2, 0.25) is 0 Å². The van der Waals surface area contributed by atoms with Crippen molar-refractivity contribution in [3.8, 4) is 0 Å². The fourth-order valence-corrected chi connectivity index (χ4v) is 3.57. The van der Waals surface area contributed by atoms with Crippen molar-refractivity contribution in [1.29, 1.82) is 0 Å². The van der Waals surface area contributed by atoms with Crippen molar-refractivity contribution in [2.45, 2.75) is 44.2 Å². The van der Waals surface area contributed by atoms with Crippen molar-refractivity contribution in [3.63, 3.8) is 0 Å². The molecule has 0 unspecified atom stereocenters. The lowest BCUT2D eigenvalue weighted by Gasteiger charge is -2.35. The molecule has 27 heavy (non-hydrogen) atoms. The van der Waals surface area contributed by atoms with E-state index in [2.05, 4.69) is 57.8 Å². The Morgan fingerprint density at radius 2 is 1.89 bits per heavy atom. The third-order valence-electron chi connectivity index (χ3n) is 5.26. The van der Waals surface area contributed by atoms with E-state index in [4.69, 9.17) is 4.74 Å². The molecule has 0 atom stereocenters. The number of guanidine groups is 1. The number of nitrogens with one attached hydrogen (secondary N) is 2. The smallest absolute Gasteiger partial charge is 0.191 e. The first-order valence-corrected chi connectivity index (χ1v) is 9.83. The number of ether oxygens (including phenoxy) is 1. The molecule has 3 N–H and O–H groups in total. The summed E-state index contributed by atoms with van der Waals surface area (Å²) >= 11 is 0. The van der Waals surface area contributed by atoms with Gasteiger partial charge in [0.05, 0.1) is 12.1 Å². The second kappa shape index (κ2) is 11.1. The minimum atomic E-state index is -0.725. The Labute approximate surface area is 179 Å². The van der Waals surface area contributed by atoms with Crippen LogP contribution < -0.4 is 15.5 Å². The number of hydrogen-bond acceptors (Lipinski definition) is 4. The van der Waals surface area contributed by atoms with Gasteiger partial charge in [-0.15, -0.1) is 24.0 Å². The van der Waals surface area contributed by atoms with Gasteiger partial charge in [0.1, 0.15) is 0 Å². The Hall–Kier alpha value is -1.06. The van der Waals surface area contributed by atoms with Crippen molar-refractivity contribution in [1.82, 2.24) is 10.6 Å². The van der Waals surface area contributed by atoms with Gasteiger partial charge in [0, 0.05) is 57.4 Å². The number of aliphatic imine (C=N–C) groups is 1. The maximum Gasteiger partial charge on any atom is 0.191 e. The molecule has 2 aliphatic heterocycles. The van der Waals surface area contributed by atoms with Crippen molar-refractivity contribution in [2.24, 2.45) is 4.99 Å². The number of para-hydroxylation sites is 1. The highest BCUT2D eigenvalue weighted by Crippen LogP contribution is 2.21. The van der Waals surface area contributed by atoms with Crippen LogP contribution in [0.3, 0.4) is 0 Å². The highest BCUT2D eigenvalue weighted by Gasteiger charge is 2.29. The van der Waals surface area contributed by atoms with Crippen LogP contribution in [-0.2, 0) is 4.74 Å². The van der Waals surface area contributed by atoms with Gasteiger partial charge in [0.25, 0.3) is 0 Å². The summed E-state index contributed by atoms with van der Waals surface area (Å²) in [4.78, 5) is 7.09. The summed E-state index contributed by atoms with van der Waals surface area (Å²) in [6, 6.07) is 11.0. The van der Waals surface area contributed by atoms with Crippen LogP contribution in [0.2, 0.25) is 0 Å². The van der Waals surface area contributed by atoms with E-state index in [0.717, 1.165) is 38.4 Å². The van der Waals surface area contributed by atoms with Crippen LogP contribution in [0, 0.1) is 0 Å². The van der Waals surface area contributed by atoms with Crippen LogP contribution in [0.5, 0.6) is 0 Å². The first-order valence-electron chi connectivity index (χ1n) is 9.83. The fraction of sp³-hybridized carbons (Fsp3) is 0.650. The Balaban J connectivity index is 0.00000261. The first-order chi connectivity index (χ1) is 12.7. The van der Waals surface area contributed by atoms with Crippen LogP contribution in [0.25, 0.3) is 0 Å². The summed E-state index contributed by atoms with van der Waals surface area (Å²) < 4.78 is 5.34. The second-order valence-electron chi connectivity index (χ2n) is 7.27. The van der Waals surface area contributed by atoms with Gasteiger partial charge < -0.3 is 25.4 Å². The SMILES string of the molecule is CCNC(=NCC1(O)CCOCC1)NC1CCN(c2ccccc2)CC1.I. The number of aliphatic hydroxyl groups is 1. The standard InChI is InChI=1S/C20H32N4O2.HI/c1-2-21-19(22-16-20(25)10-14-26-15-11-20)23-17-8-12-24(13-9-17)18-6-4-3-5-7-18;/h3-7,17,25H,2,8-16H2,1H3,(H2,21,22,23);1H. The molecule has 2 saturated heterocycles. The largest absolute Gasteiger partial charge is 0.388 e. The summed E-state index contributed by atoms with van der Waals surface area (Å²) in [6.07, 6.45) is 3.48. The zero-order valence-electron chi connectivity index (χ0n) is 16.2. The van der Waals surface area contributed by atoms with Crippen molar-refractivity contribution < 1.29 is 9.84 Å². The molecule has 3 rings (SSSR count). The topological polar surface area (TPSA) is 69.1 Å². The lowest BCUT2D eigenvalue weighted by atomic mass is 9.95. The molecule has 1 aromatic carbocycles. The van der Waals surface area contributed by atoms with Crippen LogP contribution in [0.1, 0.15) is 32.6 Å². The third-order valence-corrected chi connectivity index (χ3v) is 5.26. The Bertz CT molecular complexity index is 571. The van der Waals surface area contributed by atoms with Gasteiger partial charge in [0.15, 0.2) is 5.96 Å². The van der Waals surface area contributed by atoms with E-state index in [9.17, 15) is 5.11 Å². The maximum absolute atomic E-state index is 10.6. The summed E-state index contributed by atoms with van der Waals surface area (Å²) in [7, 11) is 0. The van der Waals surface area contributed by atoms with E-state index in [0.29, 0.717) is 38.6 Å². The van der Waals surface area contributed by atoms with E-state index in [1.54, 1.807) is 0 Å². The molecule has 1 aromatic rings. The van der Waals surface area contributed by atoms with E-state index in [1.807, 2.05) is 0 Å². The Morgan fingerprint density at radius 3 is 2.52 bits per heavy atom. The predicted octanol–water partition coefficient (Wildman–Crippen LogP) is 2.37. The fourth-order valence-electron chi connectivity index (χ4n) is 3.57. The quantitative estimate of drug-likeness (QED) is 0.338. The molecule has 0 aromatic heterocycles. The molecule has 0 bridgehead atoms. The van der Waals surface area contributed by atoms with Crippen molar-refractivity contribution in [2.75, 3.05) is 44.3 Å². The van der Waals surface area contributed by atoms with Gasteiger partial charge in [-0.25, -0.2) is 0 Å². The molecule has 2 fully saturated rings. The normalized spacial score (nSPS) is 20.7. The molecule has 2 aliphatic rings. The van der Waals surface area contributed by atoms with Crippen LogP contribution >= 0.6 is 24.0 Å². The Morgan fingerprint density at radius 1 is 1.22 bits per heavy atom. The average Bonchev–Trinajstić information content (AvgIpc) is 2.68. The summed E-state index contributed by atoms with van der Waals surface area (Å²) in [5, 5.41) is 17.5. The van der Waals surface area contributed by atoms with E-state index >= 15 is 0 Å². The summed E-state index contributed by atoms with van der Waals surface area (Å²) in [5.41, 5.74) is 0.574. The second-order valence-corrected chi connectivity index (χ2v) is 7.27. The number of hydrogen-bond donors (Lipinski definition) is 3. The van der Waals surface area contributed by atoms with E-state index in [-0.39, 0.29) is 24.0 Å². The molecule has 152 valence electrons. The van der Waals surface area contributed by atoms with Gasteiger partial charge in [-0.3, -0.25) is 4.99 Å². The molecular weight excluding hydrogens is 455 g/mol. The van der Waals surface area contributed by atoms with Crippen LogP contribution in [-0.4, -0.2) is 62.1 Å². The summed E-state index contributed by atoms with van der Waals surface area (Å²) in [5.74, 6) is 0.811. The molecule has 0 saturated carbocycles. The van der Waals surface area contributed by atoms with Crippen LogP contribution in [0.4, 0.5) is 5.69 Å². The number of nitrogens with zero attached hydrogens (tertiary/aromatic N) is 2. The molecule has 0 amide bonds. The summed E-state index contributed by atoms with van der Waals surface area (Å²) in [6.45, 7) is 6.63. The van der Waals surface area contributed by atoms with Crippen molar-refractivity contribution in [3.05, 3.63) is 30.3 Å². The zero-order valence-corrected chi connectivity index (χ0v) is 18.5. The highest BCUT2D eigenvalue weighted by molar-refractivity contribution is 14.0. The minimum absolute atomic E-state index is 0.